The highest BCUT2D eigenvalue weighted by molar-refractivity contribution is 7.91. The minimum atomic E-state index is -4.62. The van der Waals surface area contributed by atoms with Crippen LogP contribution < -0.4 is 0 Å². The molecule has 0 fully saturated rings. The lowest BCUT2D eigenvalue weighted by molar-refractivity contribution is -0.141. The lowest BCUT2D eigenvalue weighted by Crippen LogP contribution is -2.10. The maximum atomic E-state index is 13.0. The van der Waals surface area contributed by atoms with Crippen molar-refractivity contribution in [1.82, 2.24) is 29.3 Å². The molecular formula is C19H17F3N6O2S. The Labute approximate surface area is 175 Å². The Balaban J connectivity index is 1.95. The topological polar surface area (TPSA) is 95.6 Å². The number of sulfone groups is 1. The maximum absolute atomic E-state index is 13.0. The standard InChI is InChI=1S/C19H17F3N6O2S/c1-4-31(29,30)15-7-12(28-6-5-11(2)26-28)9-24-17(15)18-25-13-8-16(19(20,21)22)23-10-14(13)27(18)3/h5-10H,4H2,1-3H3. The molecule has 31 heavy (non-hydrogen) atoms. The van der Waals surface area contributed by atoms with E-state index in [2.05, 4.69) is 20.1 Å². The Hall–Kier alpha value is -3.28. The molecule has 0 aromatic carbocycles. The minimum Gasteiger partial charge on any atom is -0.324 e. The third-order valence-electron chi connectivity index (χ3n) is 4.81. The number of aryl methyl sites for hydroxylation is 2. The lowest BCUT2D eigenvalue weighted by atomic mass is 10.3. The first-order valence-electron chi connectivity index (χ1n) is 9.16. The number of halogens is 3. The van der Waals surface area contributed by atoms with Gasteiger partial charge in [0.25, 0.3) is 0 Å². The fourth-order valence-electron chi connectivity index (χ4n) is 3.13. The number of hydrogen-bond acceptors (Lipinski definition) is 6. The molecule has 0 N–H and O–H groups in total. The van der Waals surface area contributed by atoms with Crippen LogP contribution in [0.15, 0.2) is 41.7 Å². The number of aromatic nitrogens is 6. The summed E-state index contributed by atoms with van der Waals surface area (Å²) in [4.78, 5) is 11.9. The third-order valence-corrected chi connectivity index (χ3v) is 6.55. The van der Waals surface area contributed by atoms with Crippen molar-refractivity contribution in [3.63, 3.8) is 0 Å². The van der Waals surface area contributed by atoms with Crippen molar-refractivity contribution >= 4 is 20.9 Å². The zero-order valence-corrected chi connectivity index (χ0v) is 17.5. The zero-order chi connectivity index (χ0) is 22.6. The monoisotopic (exact) mass is 450 g/mol. The van der Waals surface area contributed by atoms with Gasteiger partial charge in [0.15, 0.2) is 15.7 Å². The lowest BCUT2D eigenvalue weighted by Gasteiger charge is -2.11. The van der Waals surface area contributed by atoms with E-state index < -0.39 is 21.7 Å². The quantitative estimate of drug-likeness (QED) is 0.473. The molecule has 0 saturated carbocycles. The first-order valence-corrected chi connectivity index (χ1v) is 10.8. The number of nitrogens with zero attached hydrogens (tertiary/aromatic N) is 6. The van der Waals surface area contributed by atoms with Crippen molar-refractivity contribution in [1.29, 1.82) is 0 Å². The molecule has 4 aromatic rings. The van der Waals surface area contributed by atoms with E-state index in [1.54, 1.807) is 26.2 Å². The van der Waals surface area contributed by atoms with E-state index >= 15 is 0 Å². The van der Waals surface area contributed by atoms with Gasteiger partial charge in [-0.25, -0.2) is 28.1 Å². The predicted octanol–water partition coefficient (Wildman–Crippen LogP) is 3.34. The van der Waals surface area contributed by atoms with E-state index in [0.29, 0.717) is 11.2 Å². The van der Waals surface area contributed by atoms with Crippen LogP contribution in [0, 0.1) is 6.92 Å². The minimum absolute atomic E-state index is 0.0354. The zero-order valence-electron chi connectivity index (χ0n) is 16.7. The Morgan fingerprint density at radius 3 is 2.48 bits per heavy atom. The molecule has 4 aromatic heterocycles. The van der Waals surface area contributed by atoms with E-state index in [0.717, 1.165) is 18.0 Å². The van der Waals surface area contributed by atoms with Gasteiger partial charge in [0.2, 0.25) is 0 Å². The van der Waals surface area contributed by atoms with E-state index in [1.165, 1.54) is 28.4 Å². The molecule has 0 spiro atoms. The van der Waals surface area contributed by atoms with Crippen molar-refractivity contribution in [3.05, 3.63) is 48.2 Å². The number of alkyl halides is 3. The Morgan fingerprint density at radius 1 is 1.13 bits per heavy atom. The highest BCUT2D eigenvalue weighted by Gasteiger charge is 2.33. The molecule has 8 nitrogen and oxygen atoms in total. The van der Waals surface area contributed by atoms with Gasteiger partial charge in [0.05, 0.1) is 45.5 Å². The van der Waals surface area contributed by atoms with E-state index in [-0.39, 0.29) is 27.7 Å². The summed E-state index contributed by atoms with van der Waals surface area (Å²) >= 11 is 0. The molecule has 0 radical (unpaired) electrons. The van der Waals surface area contributed by atoms with E-state index in [9.17, 15) is 21.6 Å². The second-order valence-corrected chi connectivity index (χ2v) is 9.14. The van der Waals surface area contributed by atoms with Gasteiger partial charge in [0, 0.05) is 13.2 Å². The summed E-state index contributed by atoms with van der Waals surface area (Å²) in [6.45, 7) is 3.29. The normalized spacial score (nSPS) is 12.6. The van der Waals surface area contributed by atoms with E-state index in [1.807, 2.05) is 0 Å². The molecule has 0 unspecified atom stereocenters. The summed E-state index contributed by atoms with van der Waals surface area (Å²) in [5.74, 6) is -0.0705. The van der Waals surface area contributed by atoms with Gasteiger partial charge in [-0.1, -0.05) is 6.92 Å². The first kappa shape index (κ1) is 21.0. The summed E-state index contributed by atoms with van der Waals surface area (Å²) in [5.41, 5.74) is 0.491. The predicted molar refractivity (Wildman–Crippen MR) is 106 cm³/mol. The molecule has 0 aliphatic carbocycles. The highest BCUT2D eigenvalue weighted by atomic mass is 32.2. The van der Waals surface area contributed by atoms with Crippen molar-refractivity contribution in [2.45, 2.75) is 24.9 Å². The smallest absolute Gasteiger partial charge is 0.324 e. The maximum Gasteiger partial charge on any atom is 0.433 e. The van der Waals surface area contributed by atoms with Crippen molar-refractivity contribution < 1.29 is 21.6 Å². The molecule has 4 rings (SSSR count). The fraction of sp³-hybridized carbons (Fsp3) is 0.263. The molecule has 0 bridgehead atoms. The van der Waals surface area contributed by atoms with Crippen LogP contribution in [0.3, 0.4) is 0 Å². The van der Waals surface area contributed by atoms with Crippen LogP contribution in [0.5, 0.6) is 0 Å². The van der Waals surface area contributed by atoms with Gasteiger partial charge in [0.1, 0.15) is 11.4 Å². The van der Waals surface area contributed by atoms with Crippen LogP contribution in [0.4, 0.5) is 13.2 Å². The van der Waals surface area contributed by atoms with Crippen LogP contribution in [0.1, 0.15) is 18.3 Å². The molecule has 0 atom stereocenters. The van der Waals surface area contributed by atoms with Gasteiger partial charge >= 0.3 is 6.18 Å². The van der Waals surface area contributed by atoms with Crippen LogP contribution in [0.2, 0.25) is 0 Å². The SMILES string of the molecule is CCS(=O)(=O)c1cc(-n2ccc(C)n2)cnc1-c1nc2cc(C(F)(F)F)ncc2n1C. The van der Waals surface area contributed by atoms with Gasteiger partial charge in [-0.2, -0.15) is 18.3 Å². The summed E-state index contributed by atoms with van der Waals surface area (Å²) in [6, 6.07) is 4.03. The Kier molecular flexibility index (Phi) is 4.84. The average Bonchev–Trinajstić information content (AvgIpc) is 3.30. The van der Waals surface area contributed by atoms with Crippen LogP contribution in [-0.2, 0) is 23.1 Å². The number of hydrogen-bond donors (Lipinski definition) is 0. The van der Waals surface area contributed by atoms with Crippen molar-refractivity contribution in [2.24, 2.45) is 7.05 Å². The molecule has 0 aliphatic heterocycles. The third kappa shape index (κ3) is 3.67. The molecule has 12 heteroatoms. The average molecular weight is 450 g/mol. The van der Waals surface area contributed by atoms with Gasteiger partial charge in [-0.05, 0) is 25.1 Å². The summed E-state index contributed by atoms with van der Waals surface area (Å²) in [5, 5.41) is 4.26. The van der Waals surface area contributed by atoms with Gasteiger partial charge < -0.3 is 4.57 Å². The molecule has 0 saturated heterocycles. The second kappa shape index (κ2) is 7.15. The van der Waals surface area contributed by atoms with Crippen LogP contribution in [0.25, 0.3) is 28.2 Å². The largest absolute Gasteiger partial charge is 0.433 e. The van der Waals surface area contributed by atoms with Crippen LogP contribution in [-0.4, -0.2) is 43.5 Å². The van der Waals surface area contributed by atoms with Gasteiger partial charge in [-0.15, -0.1) is 0 Å². The van der Waals surface area contributed by atoms with Gasteiger partial charge in [-0.3, -0.25) is 0 Å². The molecule has 4 heterocycles. The number of pyridine rings is 2. The molecule has 0 amide bonds. The second-order valence-electron chi connectivity index (χ2n) is 6.90. The summed E-state index contributed by atoms with van der Waals surface area (Å²) in [6.07, 6.45) is -0.448. The van der Waals surface area contributed by atoms with Crippen molar-refractivity contribution in [3.8, 4) is 17.2 Å². The fourth-order valence-corrected chi connectivity index (χ4v) is 4.18. The Bertz CT molecular complexity index is 1410. The molecular weight excluding hydrogens is 433 g/mol. The highest BCUT2D eigenvalue weighted by Crippen LogP contribution is 2.32. The van der Waals surface area contributed by atoms with E-state index in [4.69, 9.17) is 0 Å². The summed E-state index contributed by atoms with van der Waals surface area (Å²) in [7, 11) is -2.17. The molecule has 0 aliphatic rings. The molecule has 162 valence electrons. The van der Waals surface area contributed by atoms with Crippen LogP contribution >= 0.6 is 0 Å². The van der Waals surface area contributed by atoms with Crippen molar-refractivity contribution in [2.75, 3.05) is 5.75 Å². The summed E-state index contributed by atoms with van der Waals surface area (Å²) < 4.78 is 67.7. The Morgan fingerprint density at radius 2 is 1.87 bits per heavy atom. The number of imidazole rings is 1. The number of rotatable bonds is 4. The number of fused-ring (bicyclic) bond motifs is 1. The first-order chi connectivity index (χ1) is 14.5.